The van der Waals surface area contributed by atoms with Crippen LogP contribution in [0.25, 0.3) is 0 Å². The van der Waals surface area contributed by atoms with Crippen LogP contribution in [0.1, 0.15) is 84.1 Å². The summed E-state index contributed by atoms with van der Waals surface area (Å²) >= 11 is 0. The Bertz CT molecular complexity index is 1220. The highest BCUT2D eigenvalue weighted by molar-refractivity contribution is 6.02. The Morgan fingerprint density at radius 2 is 1.70 bits per heavy atom. The van der Waals surface area contributed by atoms with E-state index in [4.69, 9.17) is 4.74 Å². The highest BCUT2D eigenvalue weighted by atomic mass is 16.5. The fourth-order valence-corrected chi connectivity index (χ4v) is 8.34. The molecule has 4 aliphatic heterocycles. The third kappa shape index (κ3) is 5.66. The third-order valence-corrected chi connectivity index (χ3v) is 11.2. The molecule has 1 aromatic rings. The van der Waals surface area contributed by atoms with Crippen LogP contribution in [-0.2, 0) is 19.1 Å². The van der Waals surface area contributed by atoms with E-state index >= 15 is 0 Å². The monoisotopic (exact) mass is 590 g/mol. The van der Waals surface area contributed by atoms with E-state index in [2.05, 4.69) is 43.2 Å². The van der Waals surface area contributed by atoms with Crippen molar-refractivity contribution >= 4 is 23.4 Å². The molecule has 1 aromatic carbocycles. The van der Waals surface area contributed by atoms with Crippen molar-refractivity contribution in [3.63, 3.8) is 0 Å². The number of nitrogens with one attached hydrogen (secondary N) is 2. The summed E-state index contributed by atoms with van der Waals surface area (Å²) in [7, 11) is 0. The van der Waals surface area contributed by atoms with Crippen molar-refractivity contribution in [3.05, 3.63) is 42.0 Å². The molecule has 8 atom stereocenters. The molecule has 8 heteroatoms. The smallest absolute Gasteiger partial charge is 0.246 e. The zero-order valence-corrected chi connectivity index (χ0v) is 26.4. The first kappa shape index (κ1) is 30.3. The highest BCUT2D eigenvalue weighted by Crippen LogP contribution is 2.55. The molecule has 4 fully saturated rings. The SMILES string of the molecule is CC(C)c1ccc(NC(=O)[C@H]2[C@@H]3C=C[C@]4(O3)C(C(=O)NC3CCCC(C)C3C)N(CCN3CCCCCC3)C(=O)[C@@H]24)cc1. The first-order valence-corrected chi connectivity index (χ1v) is 16.8. The molecule has 0 radical (unpaired) electrons. The van der Waals surface area contributed by atoms with Gasteiger partial charge in [0.05, 0.1) is 17.9 Å². The number of anilines is 1. The Hall–Kier alpha value is -2.71. The summed E-state index contributed by atoms with van der Waals surface area (Å²) in [6.07, 6.45) is 11.3. The van der Waals surface area contributed by atoms with Crippen LogP contribution in [0.2, 0.25) is 0 Å². The van der Waals surface area contributed by atoms with Gasteiger partial charge in [0.2, 0.25) is 17.7 Å². The van der Waals surface area contributed by atoms with Gasteiger partial charge in [-0.3, -0.25) is 14.4 Å². The van der Waals surface area contributed by atoms with Crippen LogP contribution in [0.4, 0.5) is 5.69 Å². The number of hydrogen-bond acceptors (Lipinski definition) is 5. The van der Waals surface area contributed by atoms with E-state index < -0.39 is 29.6 Å². The normalized spacial score (nSPS) is 35.7. The molecular weight excluding hydrogens is 540 g/mol. The topological polar surface area (TPSA) is 91.0 Å². The molecule has 2 N–H and O–H groups in total. The number of ether oxygens (including phenoxy) is 1. The van der Waals surface area contributed by atoms with E-state index in [1.807, 2.05) is 36.4 Å². The minimum absolute atomic E-state index is 0.0738. The summed E-state index contributed by atoms with van der Waals surface area (Å²) < 4.78 is 6.58. The van der Waals surface area contributed by atoms with Gasteiger partial charge in [0.15, 0.2) is 0 Å². The zero-order valence-electron chi connectivity index (χ0n) is 26.4. The van der Waals surface area contributed by atoms with Crippen molar-refractivity contribution in [3.8, 4) is 0 Å². The van der Waals surface area contributed by atoms with Crippen molar-refractivity contribution in [2.45, 2.75) is 102 Å². The van der Waals surface area contributed by atoms with Crippen molar-refractivity contribution in [2.24, 2.45) is 23.7 Å². The van der Waals surface area contributed by atoms with Crippen molar-refractivity contribution in [2.75, 3.05) is 31.5 Å². The molecule has 1 spiro atoms. The van der Waals surface area contributed by atoms with Crippen LogP contribution in [0.5, 0.6) is 0 Å². The van der Waals surface area contributed by atoms with Crippen LogP contribution in [0, 0.1) is 23.7 Å². The quantitative estimate of drug-likeness (QED) is 0.428. The van der Waals surface area contributed by atoms with Gasteiger partial charge >= 0.3 is 0 Å². The summed E-state index contributed by atoms with van der Waals surface area (Å²) in [6, 6.07) is 7.17. The lowest BCUT2D eigenvalue weighted by Crippen LogP contribution is -2.58. The van der Waals surface area contributed by atoms with E-state index in [1.165, 1.54) is 24.8 Å². The lowest BCUT2D eigenvalue weighted by molar-refractivity contribution is -0.141. The largest absolute Gasteiger partial charge is 0.359 e. The second-order valence-electron chi connectivity index (χ2n) is 14.1. The maximum Gasteiger partial charge on any atom is 0.246 e. The first-order valence-electron chi connectivity index (χ1n) is 16.8. The maximum absolute atomic E-state index is 14.4. The number of rotatable bonds is 8. The van der Waals surface area contributed by atoms with Gasteiger partial charge in [0.1, 0.15) is 11.6 Å². The number of carbonyl (C=O) groups is 3. The third-order valence-electron chi connectivity index (χ3n) is 11.2. The molecule has 1 saturated carbocycles. The Balaban J connectivity index is 1.25. The van der Waals surface area contributed by atoms with Crippen molar-refractivity contribution in [1.82, 2.24) is 15.1 Å². The molecular formula is C35H50N4O4. The van der Waals surface area contributed by atoms with E-state index in [0.717, 1.165) is 45.3 Å². The number of fused-ring (bicyclic) bond motifs is 1. The lowest BCUT2D eigenvalue weighted by atomic mass is 9.73. The minimum Gasteiger partial charge on any atom is -0.359 e. The van der Waals surface area contributed by atoms with Gasteiger partial charge in [-0.15, -0.1) is 0 Å². The molecule has 234 valence electrons. The van der Waals surface area contributed by atoms with Gasteiger partial charge in [-0.05, 0) is 67.8 Å². The Morgan fingerprint density at radius 3 is 2.40 bits per heavy atom. The Morgan fingerprint density at radius 1 is 0.977 bits per heavy atom. The van der Waals surface area contributed by atoms with Crippen LogP contribution >= 0.6 is 0 Å². The fourth-order valence-electron chi connectivity index (χ4n) is 8.34. The molecule has 2 bridgehead atoms. The van der Waals surface area contributed by atoms with Crippen molar-refractivity contribution in [1.29, 1.82) is 0 Å². The van der Waals surface area contributed by atoms with Crippen LogP contribution in [-0.4, -0.2) is 77.5 Å². The molecule has 5 aliphatic rings. The summed E-state index contributed by atoms with van der Waals surface area (Å²) in [5.74, 6) is -0.617. The van der Waals surface area contributed by atoms with Gasteiger partial charge in [-0.1, -0.05) is 77.7 Å². The summed E-state index contributed by atoms with van der Waals surface area (Å²) in [5.41, 5.74) is 0.774. The summed E-state index contributed by atoms with van der Waals surface area (Å²) in [6.45, 7) is 12.0. The number of likely N-dealkylation sites (tertiary alicyclic amines) is 2. The second-order valence-corrected chi connectivity index (χ2v) is 14.1. The summed E-state index contributed by atoms with van der Waals surface area (Å²) in [5, 5.41) is 6.43. The van der Waals surface area contributed by atoms with E-state index in [-0.39, 0.29) is 23.8 Å². The Kier molecular flexibility index (Phi) is 8.71. The molecule has 1 aliphatic carbocycles. The predicted octanol–water partition coefficient (Wildman–Crippen LogP) is 4.72. The molecule has 3 amide bonds. The van der Waals surface area contributed by atoms with Gasteiger partial charge in [0, 0.05) is 24.8 Å². The zero-order chi connectivity index (χ0) is 30.3. The average Bonchev–Trinajstić information content (AvgIpc) is 3.53. The van der Waals surface area contributed by atoms with Gasteiger partial charge in [-0.25, -0.2) is 0 Å². The molecule has 3 saturated heterocycles. The van der Waals surface area contributed by atoms with Gasteiger partial charge in [0.25, 0.3) is 0 Å². The van der Waals surface area contributed by atoms with Crippen LogP contribution in [0.15, 0.2) is 36.4 Å². The first-order chi connectivity index (χ1) is 20.7. The number of nitrogens with zero attached hydrogens (tertiary/aromatic N) is 2. The predicted molar refractivity (Wildman–Crippen MR) is 167 cm³/mol. The molecule has 0 aromatic heterocycles. The molecule has 43 heavy (non-hydrogen) atoms. The highest BCUT2D eigenvalue weighted by Gasteiger charge is 2.72. The molecule has 4 heterocycles. The number of amides is 3. The second kappa shape index (κ2) is 12.4. The van der Waals surface area contributed by atoms with Crippen LogP contribution < -0.4 is 10.6 Å². The minimum atomic E-state index is -1.13. The van der Waals surface area contributed by atoms with Gasteiger partial charge in [-0.2, -0.15) is 0 Å². The number of hydrogen-bond donors (Lipinski definition) is 2. The molecule has 8 nitrogen and oxygen atoms in total. The standard InChI is InChI=1S/C35H50N4O4/c1-22(2)25-12-14-26(15-13-25)36-32(40)29-28-16-17-35(43-28)30(29)34(42)39(21-20-38-18-7-5-6-8-19-38)31(35)33(41)37-27-11-9-10-23(3)24(27)4/h12-17,22-24,27-31H,5-11,18-21H2,1-4H3,(H,36,40)(H,37,41)/t23?,24?,27?,28-,29-,30+,31?,35+/m0/s1. The van der Waals surface area contributed by atoms with E-state index in [1.54, 1.807) is 4.90 Å². The maximum atomic E-state index is 14.4. The van der Waals surface area contributed by atoms with E-state index in [0.29, 0.717) is 30.0 Å². The molecule has 6 rings (SSSR count). The molecule has 4 unspecified atom stereocenters. The summed E-state index contributed by atoms with van der Waals surface area (Å²) in [4.78, 5) is 46.6. The average molecular weight is 591 g/mol. The van der Waals surface area contributed by atoms with Crippen molar-refractivity contribution < 1.29 is 19.1 Å². The van der Waals surface area contributed by atoms with E-state index in [9.17, 15) is 14.4 Å². The van der Waals surface area contributed by atoms with Gasteiger partial charge < -0.3 is 25.2 Å². The fraction of sp³-hybridized carbons (Fsp3) is 0.686. The lowest BCUT2D eigenvalue weighted by Gasteiger charge is -2.38. The number of benzene rings is 1. The van der Waals surface area contributed by atoms with Crippen LogP contribution in [0.3, 0.4) is 0 Å². The number of carbonyl (C=O) groups excluding carboxylic acids is 3. The Labute approximate surface area is 257 Å².